The molecule has 5 nitrogen and oxygen atoms in total. The van der Waals surface area contributed by atoms with Gasteiger partial charge in [0.2, 0.25) is 0 Å². The third-order valence-corrected chi connectivity index (χ3v) is 13.8. The van der Waals surface area contributed by atoms with Crippen LogP contribution in [-0.2, 0) is 25.7 Å². The van der Waals surface area contributed by atoms with E-state index in [2.05, 4.69) is 33.8 Å². The van der Waals surface area contributed by atoms with E-state index in [-0.39, 0.29) is 63.7 Å². The van der Waals surface area contributed by atoms with Crippen molar-refractivity contribution in [3.8, 4) is 6.07 Å². The first-order chi connectivity index (χ1) is 20.1. The Bertz CT molecular complexity index is 1500. The number of Topliss-reactive ketones (excluding diaryl/α,β-unsaturated/α-hetero) is 1. The minimum atomic E-state index is -0.673. The molecule has 6 rings (SSSR count). The summed E-state index contributed by atoms with van der Waals surface area (Å²) in [5.41, 5.74) is -0.0867. The second-order valence-electron chi connectivity index (χ2n) is 16.4. The van der Waals surface area contributed by atoms with Crippen molar-refractivity contribution in [2.45, 2.75) is 100 Å². The zero-order valence-corrected chi connectivity index (χ0v) is 27.0. The number of rotatable bonds is 3. The highest BCUT2D eigenvalue weighted by Crippen LogP contribution is 2.74. The molecular formula is C38H47NO4. The minimum Gasteiger partial charge on any atom is -0.460 e. The van der Waals surface area contributed by atoms with Gasteiger partial charge in [0.15, 0.2) is 11.6 Å². The minimum absolute atomic E-state index is 0.00497. The van der Waals surface area contributed by atoms with Crippen LogP contribution in [0.25, 0.3) is 0 Å². The van der Waals surface area contributed by atoms with Crippen LogP contribution in [0.2, 0.25) is 0 Å². The molecule has 5 aliphatic carbocycles. The van der Waals surface area contributed by atoms with Gasteiger partial charge in [0.1, 0.15) is 12.7 Å². The molecule has 0 radical (unpaired) electrons. The summed E-state index contributed by atoms with van der Waals surface area (Å²) in [6, 6.07) is 12.0. The zero-order chi connectivity index (χ0) is 31.2. The summed E-state index contributed by atoms with van der Waals surface area (Å²) in [7, 11) is 0. The van der Waals surface area contributed by atoms with Gasteiger partial charge < -0.3 is 4.74 Å². The fraction of sp³-hybridized carbons (Fsp3) is 0.632. The fourth-order valence-electron chi connectivity index (χ4n) is 10.8. The molecule has 43 heavy (non-hydrogen) atoms. The van der Waals surface area contributed by atoms with Crippen LogP contribution in [-0.4, -0.2) is 17.5 Å². The van der Waals surface area contributed by atoms with Gasteiger partial charge in [-0.15, -0.1) is 0 Å². The van der Waals surface area contributed by atoms with Crippen molar-refractivity contribution in [2.75, 3.05) is 0 Å². The second kappa shape index (κ2) is 9.50. The van der Waals surface area contributed by atoms with Crippen LogP contribution in [0, 0.1) is 61.6 Å². The number of hydrogen-bond donors (Lipinski definition) is 0. The van der Waals surface area contributed by atoms with Crippen LogP contribution in [0.4, 0.5) is 0 Å². The number of benzene rings is 1. The first-order valence-electron chi connectivity index (χ1n) is 16.2. The molecule has 0 heterocycles. The summed E-state index contributed by atoms with van der Waals surface area (Å²) < 4.78 is 5.90. The number of ether oxygens (including phenoxy) is 1. The third kappa shape index (κ3) is 4.04. The molecule has 3 fully saturated rings. The van der Waals surface area contributed by atoms with Crippen LogP contribution in [0.15, 0.2) is 53.6 Å². The van der Waals surface area contributed by atoms with Crippen molar-refractivity contribution in [1.29, 1.82) is 5.26 Å². The molecular weight excluding hydrogens is 534 g/mol. The van der Waals surface area contributed by atoms with Gasteiger partial charge in [-0.25, -0.2) is 0 Å². The van der Waals surface area contributed by atoms with Gasteiger partial charge in [-0.2, -0.15) is 5.26 Å². The summed E-state index contributed by atoms with van der Waals surface area (Å²) in [4.78, 5) is 41.5. The van der Waals surface area contributed by atoms with Gasteiger partial charge in [-0.05, 0) is 91.6 Å². The normalized spacial score (nSPS) is 43.1. The molecule has 0 unspecified atom stereocenters. The number of nitrogens with zero attached hydrogens (tertiary/aromatic N) is 1. The average Bonchev–Trinajstić information content (AvgIpc) is 2.96. The van der Waals surface area contributed by atoms with Crippen molar-refractivity contribution in [1.82, 2.24) is 0 Å². The quantitative estimate of drug-likeness (QED) is 0.338. The summed E-state index contributed by atoms with van der Waals surface area (Å²) in [5.74, 6) is -0.148. The van der Waals surface area contributed by atoms with E-state index in [1.54, 1.807) is 0 Å². The van der Waals surface area contributed by atoms with Gasteiger partial charge in [0.05, 0.1) is 11.0 Å². The van der Waals surface area contributed by atoms with E-state index in [0.717, 1.165) is 49.7 Å². The van der Waals surface area contributed by atoms with Gasteiger partial charge in [-0.1, -0.05) is 83.5 Å². The van der Waals surface area contributed by atoms with E-state index in [9.17, 15) is 19.6 Å². The molecule has 5 heteroatoms. The average molecular weight is 582 g/mol. The standard InChI is InChI=1S/C38H47NO4/c1-33(2)28-13-14-37(6)29(36(28,5)20-25(22-39)31(33)41)19-27(40)30-26-21-35(4,16-15-34(26,3)17-18-38(30,37)7)32(42)43-23-24-11-9-8-10-12-24/h8-12,19-20,26,28,30H,13-18,21,23H2,1-7H3/t26-,28-,30-,34+,35-,36-,37+,38+/m0/s1. The predicted molar refractivity (Wildman–Crippen MR) is 165 cm³/mol. The smallest absolute Gasteiger partial charge is 0.312 e. The molecule has 0 amide bonds. The molecule has 0 N–H and O–H groups in total. The Kier molecular flexibility index (Phi) is 6.64. The van der Waals surface area contributed by atoms with Crippen LogP contribution in [0.5, 0.6) is 0 Å². The molecule has 1 aromatic carbocycles. The molecule has 5 aliphatic rings. The molecule has 0 spiro atoms. The zero-order valence-electron chi connectivity index (χ0n) is 27.0. The molecule has 8 atom stereocenters. The van der Waals surface area contributed by atoms with Crippen LogP contribution in [0.3, 0.4) is 0 Å². The number of carbonyl (C=O) groups is 3. The fourth-order valence-corrected chi connectivity index (χ4v) is 10.8. The van der Waals surface area contributed by atoms with Crippen LogP contribution in [0.1, 0.15) is 99.0 Å². The van der Waals surface area contributed by atoms with Gasteiger partial charge in [0, 0.05) is 16.7 Å². The van der Waals surface area contributed by atoms with Crippen LogP contribution < -0.4 is 0 Å². The number of nitriles is 1. The highest BCUT2D eigenvalue weighted by molar-refractivity contribution is 6.04. The van der Waals surface area contributed by atoms with Crippen molar-refractivity contribution >= 4 is 17.5 Å². The second-order valence-corrected chi connectivity index (χ2v) is 16.4. The Labute approximate surface area is 257 Å². The number of hydrogen-bond acceptors (Lipinski definition) is 5. The lowest BCUT2D eigenvalue weighted by atomic mass is 9.34. The maximum Gasteiger partial charge on any atom is 0.312 e. The highest BCUT2D eigenvalue weighted by atomic mass is 16.5. The summed E-state index contributed by atoms with van der Waals surface area (Å²) in [5, 5.41) is 9.94. The van der Waals surface area contributed by atoms with E-state index in [1.807, 2.05) is 63.3 Å². The number of carbonyl (C=O) groups excluding carboxylic acids is 3. The maximum atomic E-state index is 14.6. The molecule has 0 saturated heterocycles. The van der Waals surface area contributed by atoms with E-state index in [1.165, 1.54) is 0 Å². The molecule has 0 aliphatic heterocycles. The summed E-state index contributed by atoms with van der Waals surface area (Å²) >= 11 is 0. The maximum absolute atomic E-state index is 14.6. The van der Waals surface area contributed by atoms with Crippen LogP contribution >= 0.6 is 0 Å². The first-order valence-corrected chi connectivity index (χ1v) is 16.2. The van der Waals surface area contributed by atoms with Gasteiger partial charge >= 0.3 is 5.97 Å². The lowest BCUT2D eigenvalue weighted by Gasteiger charge is -2.69. The van der Waals surface area contributed by atoms with E-state index >= 15 is 0 Å². The molecule has 1 aromatic rings. The van der Waals surface area contributed by atoms with Gasteiger partial charge in [0.25, 0.3) is 0 Å². The predicted octanol–water partition coefficient (Wildman–Crippen LogP) is 7.95. The van der Waals surface area contributed by atoms with Gasteiger partial charge in [-0.3, -0.25) is 14.4 Å². The lowest BCUT2D eigenvalue weighted by molar-refractivity contribution is -0.181. The highest BCUT2D eigenvalue weighted by Gasteiger charge is 2.69. The summed E-state index contributed by atoms with van der Waals surface area (Å²) in [6.45, 7) is 15.5. The molecule has 0 bridgehead atoms. The topological polar surface area (TPSA) is 84.2 Å². The molecule has 0 aromatic heterocycles. The number of allylic oxidation sites excluding steroid dienone is 4. The Morgan fingerprint density at radius 1 is 0.953 bits per heavy atom. The number of esters is 1. The Balaban J connectivity index is 1.38. The Morgan fingerprint density at radius 3 is 2.30 bits per heavy atom. The van der Waals surface area contributed by atoms with Crippen molar-refractivity contribution in [3.63, 3.8) is 0 Å². The Morgan fingerprint density at radius 2 is 1.63 bits per heavy atom. The largest absolute Gasteiger partial charge is 0.460 e. The lowest BCUT2D eigenvalue weighted by Crippen LogP contribution is -2.64. The number of ketones is 2. The van der Waals surface area contributed by atoms with E-state index in [4.69, 9.17) is 4.74 Å². The van der Waals surface area contributed by atoms with Crippen molar-refractivity contribution in [2.24, 2.45) is 50.2 Å². The Hall–Kier alpha value is -3.00. The summed E-state index contributed by atoms with van der Waals surface area (Å²) in [6.07, 6.45) is 9.94. The molecule has 3 saturated carbocycles. The van der Waals surface area contributed by atoms with Crippen molar-refractivity contribution < 1.29 is 19.1 Å². The first kappa shape index (κ1) is 30.0. The van der Waals surface area contributed by atoms with E-state index in [0.29, 0.717) is 6.42 Å². The monoisotopic (exact) mass is 581 g/mol. The molecule has 228 valence electrons. The third-order valence-electron chi connectivity index (χ3n) is 13.8. The van der Waals surface area contributed by atoms with Crippen molar-refractivity contribution in [3.05, 3.63) is 59.2 Å². The SMILES string of the molecule is CC1(C)C(=O)C(C#N)=C[C@]2(C)C3=CC(=O)[C@@H]4[C@@H]5C[C@@](C)(C(=O)OCc6ccccc6)CC[C@]5(C)CC[C@@]4(C)[C@]3(C)CC[C@@H]12. The van der Waals surface area contributed by atoms with E-state index < -0.39 is 16.2 Å². The number of fused-ring (bicyclic) bond motifs is 7.